The van der Waals surface area contributed by atoms with Crippen LogP contribution in [0.4, 0.5) is 0 Å². The summed E-state index contributed by atoms with van der Waals surface area (Å²) < 4.78 is 6.36. The van der Waals surface area contributed by atoms with Crippen LogP contribution in [0.2, 0.25) is 0 Å². The van der Waals surface area contributed by atoms with E-state index in [0.29, 0.717) is 5.75 Å². The molecule has 1 unspecified atom stereocenters. The van der Waals surface area contributed by atoms with E-state index in [1.165, 1.54) is 0 Å². The number of hydrogen-bond acceptors (Lipinski definition) is 3. The molecule has 0 spiro atoms. The molecule has 0 amide bonds. The number of hydrogen-bond donors (Lipinski definition) is 2. The van der Waals surface area contributed by atoms with Crippen molar-refractivity contribution in [1.82, 2.24) is 0 Å². The number of phenolic OH excluding ortho intramolecular Hbond substituents is 1. The largest absolute Gasteiger partial charge is 0.508 e. The van der Waals surface area contributed by atoms with E-state index in [1.807, 2.05) is 24.3 Å². The molecule has 0 fully saturated rings. The van der Waals surface area contributed by atoms with Gasteiger partial charge in [-0.3, -0.25) is 0 Å². The molecule has 0 aromatic heterocycles. The van der Waals surface area contributed by atoms with Gasteiger partial charge in [0, 0.05) is 4.47 Å². The smallest absolute Gasteiger partial charge is 0.119 e. The quantitative estimate of drug-likeness (QED) is 0.911. The zero-order chi connectivity index (χ0) is 13.0. The van der Waals surface area contributed by atoms with Gasteiger partial charge in [-0.1, -0.05) is 28.1 Å². The Morgan fingerprint density at radius 2 is 1.83 bits per heavy atom. The first kappa shape index (κ1) is 12.9. The topological polar surface area (TPSA) is 49.7 Å². The second kappa shape index (κ2) is 5.89. The fraction of sp³-hybridized carbons (Fsp3) is 0.143. The Kier molecular flexibility index (Phi) is 4.23. The minimum atomic E-state index is -0.684. The standard InChI is InChI=1S/C14H13BrO3/c15-11-3-1-2-10(8-11)14(17)9-18-13-6-4-12(16)5-7-13/h1-8,14,16-17H,9H2. The monoisotopic (exact) mass is 308 g/mol. The van der Waals surface area contributed by atoms with Crippen LogP contribution in [0.5, 0.6) is 11.5 Å². The number of phenols is 1. The number of ether oxygens (including phenoxy) is 1. The third-order valence-electron chi connectivity index (χ3n) is 2.48. The lowest BCUT2D eigenvalue weighted by atomic mass is 10.1. The van der Waals surface area contributed by atoms with E-state index in [4.69, 9.17) is 9.84 Å². The van der Waals surface area contributed by atoms with Gasteiger partial charge in [-0.15, -0.1) is 0 Å². The van der Waals surface area contributed by atoms with Crippen LogP contribution < -0.4 is 4.74 Å². The van der Waals surface area contributed by atoms with Crippen molar-refractivity contribution < 1.29 is 14.9 Å². The second-order valence-electron chi connectivity index (χ2n) is 3.88. The van der Waals surface area contributed by atoms with Crippen LogP contribution in [0, 0.1) is 0 Å². The van der Waals surface area contributed by atoms with E-state index in [2.05, 4.69) is 15.9 Å². The van der Waals surface area contributed by atoms with Gasteiger partial charge < -0.3 is 14.9 Å². The number of halogens is 1. The van der Waals surface area contributed by atoms with Crippen LogP contribution in [-0.4, -0.2) is 16.8 Å². The Bertz CT molecular complexity index is 511. The Morgan fingerprint density at radius 1 is 1.11 bits per heavy atom. The summed E-state index contributed by atoms with van der Waals surface area (Å²) >= 11 is 3.35. The molecule has 0 aliphatic heterocycles. The third-order valence-corrected chi connectivity index (χ3v) is 2.97. The van der Waals surface area contributed by atoms with Crippen molar-refractivity contribution >= 4 is 15.9 Å². The van der Waals surface area contributed by atoms with Gasteiger partial charge in [0.25, 0.3) is 0 Å². The van der Waals surface area contributed by atoms with Gasteiger partial charge in [0.05, 0.1) is 0 Å². The molecule has 0 aliphatic rings. The average molecular weight is 309 g/mol. The lowest BCUT2D eigenvalue weighted by molar-refractivity contribution is 0.108. The normalized spacial score (nSPS) is 12.1. The summed E-state index contributed by atoms with van der Waals surface area (Å²) in [6.45, 7) is 0.168. The minimum absolute atomic E-state index is 0.168. The van der Waals surface area contributed by atoms with Crippen LogP contribution in [0.25, 0.3) is 0 Å². The summed E-state index contributed by atoms with van der Waals surface area (Å²) in [7, 11) is 0. The molecule has 18 heavy (non-hydrogen) atoms. The first-order valence-corrected chi connectivity index (χ1v) is 6.30. The maximum atomic E-state index is 9.97. The molecule has 2 aromatic carbocycles. The van der Waals surface area contributed by atoms with Crippen molar-refractivity contribution in [3.8, 4) is 11.5 Å². The van der Waals surface area contributed by atoms with Crippen molar-refractivity contribution in [3.63, 3.8) is 0 Å². The Labute approximate surface area is 114 Å². The molecule has 4 heteroatoms. The van der Waals surface area contributed by atoms with Crippen molar-refractivity contribution in [2.75, 3.05) is 6.61 Å². The average Bonchev–Trinajstić information content (AvgIpc) is 2.38. The Hall–Kier alpha value is -1.52. The maximum Gasteiger partial charge on any atom is 0.119 e. The number of rotatable bonds is 4. The first-order valence-electron chi connectivity index (χ1n) is 5.50. The highest BCUT2D eigenvalue weighted by Crippen LogP contribution is 2.21. The fourth-order valence-corrected chi connectivity index (χ4v) is 1.94. The number of aliphatic hydroxyl groups excluding tert-OH is 1. The van der Waals surface area contributed by atoms with Crippen molar-refractivity contribution in [3.05, 3.63) is 58.6 Å². The van der Waals surface area contributed by atoms with E-state index >= 15 is 0 Å². The molecule has 0 saturated heterocycles. The summed E-state index contributed by atoms with van der Waals surface area (Å²) in [4.78, 5) is 0. The van der Waals surface area contributed by atoms with Crippen molar-refractivity contribution in [1.29, 1.82) is 0 Å². The minimum Gasteiger partial charge on any atom is -0.508 e. The van der Waals surface area contributed by atoms with Crippen LogP contribution >= 0.6 is 15.9 Å². The molecule has 2 aromatic rings. The Balaban J connectivity index is 1.96. The molecular formula is C14H13BrO3. The van der Waals surface area contributed by atoms with E-state index in [1.54, 1.807) is 24.3 Å². The summed E-state index contributed by atoms with van der Waals surface area (Å²) in [5, 5.41) is 19.1. The van der Waals surface area contributed by atoms with Gasteiger partial charge >= 0.3 is 0 Å². The highest BCUT2D eigenvalue weighted by molar-refractivity contribution is 9.10. The highest BCUT2D eigenvalue weighted by atomic mass is 79.9. The molecule has 0 saturated carbocycles. The molecule has 1 atom stereocenters. The van der Waals surface area contributed by atoms with Gasteiger partial charge in [-0.05, 0) is 42.0 Å². The lowest BCUT2D eigenvalue weighted by Gasteiger charge is -2.13. The fourth-order valence-electron chi connectivity index (χ4n) is 1.53. The lowest BCUT2D eigenvalue weighted by Crippen LogP contribution is -2.09. The molecule has 94 valence electrons. The van der Waals surface area contributed by atoms with E-state index in [-0.39, 0.29) is 12.4 Å². The number of aromatic hydroxyl groups is 1. The van der Waals surface area contributed by atoms with Crippen LogP contribution in [0.3, 0.4) is 0 Å². The molecule has 2 N–H and O–H groups in total. The molecule has 0 radical (unpaired) electrons. The summed E-state index contributed by atoms with van der Waals surface area (Å²) in [6, 6.07) is 13.9. The van der Waals surface area contributed by atoms with Gasteiger partial charge in [-0.25, -0.2) is 0 Å². The highest BCUT2D eigenvalue weighted by Gasteiger charge is 2.08. The first-order chi connectivity index (χ1) is 8.65. The van der Waals surface area contributed by atoms with Crippen LogP contribution in [0.15, 0.2) is 53.0 Å². The van der Waals surface area contributed by atoms with Gasteiger partial charge in [0.15, 0.2) is 0 Å². The number of aliphatic hydroxyl groups is 1. The van der Waals surface area contributed by atoms with E-state index < -0.39 is 6.10 Å². The molecule has 0 bridgehead atoms. The Morgan fingerprint density at radius 3 is 2.50 bits per heavy atom. The molecule has 3 nitrogen and oxygen atoms in total. The predicted octanol–water partition coefficient (Wildman–Crippen LogP) is 3.27. The summed E-state index contributed by atoms with van der Waals surface area (Å²) in [6.07, 6.45) is -0.684. The summed E-state index contributed by atoms with van der Waals surface area (Å²) in [5.41, 5.74) is 0.795. The van der Waals surface area contributed by atoms with Crippen LogP contribution in [0.1, 0.15) is 11.7 Å². The van der Waals surface area contributed by atoms with Gasteiger partial charge in [-0.2, -0.15) is 0 Å². The van der Waals surface area contributed by atoms with Crippen molar-refractivity contribution in [2.24, 2.45) is 0 Å². The van der Waals surface area contributed by atoms with Gasteiger partial charge in [0.2, 0.25) is 0 Å². The molecular weight excluding hydrogens is 296 g/mol. The zero-order valence-electron chi connectivity index (χ0n) is 9.58. The molecule has 0 heterocycles. The van der Waals surface area contributed by atoms with Crippen molar-refractivity contribution in [2.45, 2.75) is 6.10 Å². The maximum absolute atomic E-state index is 9.97. The third kappa shape index (κ3) is 3.48. The zero-order valence-corrected chi connectivity index (χ0v) is 11.2. The van der Waals surface area contributed by atoms with Crippen LogP contribution in [-0.2, 0) is 0 Å². The molecule has 2 rings (SSSR count). The van der Waals surface area contributed by atoms with Gasteiger partial charge in [0.1, 0.15) is 24.2 Å². The summed E-state index contributed by atoms with van der Waals surface area (Å²) in [5.74, 6) is 0.803. The van der Waals surface area contributed by atoms with E-state index in [0.717, 1.165) is 10.0 Å². The second-order valence-corrected chi connectivity index (χ2v) is 4.79. The predicted molar refractivity (Wildman–Crippen MR) is 72.7 cm³/mol. The SMILES string of the molecule is Oc1ccc(OCC(O)c2cccc(Br)c2)cc1. The number of benzene rings is 2. The molecule has 0 aliphatic carbocycles. The van der Waals surface area contributed by atoms with E-state index in [9.17, 15) is 5.11 Å².